The molecule has 0 saturated heterocycles. The molecular weight excluding hydrogens is 250 g/mol. The molecule has 0 radical (unpaired) electrons. The zero-order chi connectivity index (χ0) is 16.2. The molecule has 0 aromatic heterocycles. The summed E-state index contributed by atoms with van der Waals surface area (Å²) < 4.78 is 0. The summed E-state index contributed by atoms with van der Waals surface area (Å²) in [5.41, 5.74) is 4.50. The molecule has 0 rings (SSSR count). The molecule has 20 heavy (non-hydrogen) atoms. The smallest absolute Gasteiger partial charge is 0.216 e. The lowest BCUT2D eigenvalue weighted by Crippen LogP contribution is -2.33. The molecule has 0 bridgehead atoms. The largest absolute Gasteiger partial charge is 0.355 e. The van der Waals surface area contributed by atoms with E-state index in [1.165, 1.54) is 7.05 Å². The van der Waals surface area contributed by atoms with Gasteiger partial charge in [0.2, 0.25) is 5.91 Å². The van der Waals surface area contributed by atoms with Crippen molar-refractivity contribution in [1.82, 2.24) is 10.2 Å². The molecule has 0 atom stereocenters. The second-order valence-electron chi connectivity index (χ2n) is 3.66. The number of carbonyl (C=O) groups excluding carboxylic acids is 1. The molecule has 0 aromatic carbocycles. The predicted octanol–water partition coefficient (Wildman–Crippen LogP) is 2.34. The van der Waals surface area contributed by atoms with E-state index in [-0.39, 0.29) is 5.91 Å². The maximum atomic E-state index is 10.5. The molecular formula is C16H33N3O. The third kappa shape index (κ3) is 25.5. The number of nitrogens with two attached hydrogens (primary N) is 1. The number of likely N-dealkylation sites (N-methyl/N-ethyl adjacent to an activating group) is 1. The molecule has 0 spiro atoms. The third-order valence-electron chi connectivity index (χ3n) is 2.25. The summed E-state index contributed by atoms with van der Waals surface area (Å²) >= 11 is 0. The van der Waals surface area contributed by atoms with Crippen LogP contribution in [0.5, 0.6) is 0 Å². The van der Waals surface area contributed by atoms with Crippen molar-refractivity contribution >= 4 is 5.91 Å². The van der Waals surface area contributed by atoms with Crippen LogP contribution >= 0.6 is 0 Å². The molecule has 118 valence electrons. The SMILES string of the molecule is C=C/C=C\C=C/C.CCN(CC)CCNC(C)=O.CN. The van der Waals surface area contributed by atoms with E-state index in [1.807, 2.05) is 31.2 Å². The van der Waals surface area contributed by atoms with Crippen LogP contribution in [0.1, 0.15) is 27.7 Å². The van der Waals surface area contributed by atoms with Crippen LogP contribution in [0.25, 0.3) is 0 Å². The Morgan fingerprint density at radius 1 is 1.20 bits per heavy atom. The van der Waals surface area contributed by atoms with Gasteiger partial charge in [-0.15, -0.1) is 0 Å². The molecule has 4 nitrogen and oxygen atoms in total. The number of nitrogens with zero attached hydrogens (tertiary/aromatic N) is 1. The van der Waals surface area contributed by atoms with E-state index < -0.39 is 0 Å². The van der Waals surface area contributed by atoms with Gasteiger partial charge in [-0.25, -0.2) is 0 Å². The van der Waals surface area contributed by atoms with Gasteiger partial charge in [0, 0.05) is 20.0 Å². The van der Waals surface area contributed by atoms with Crippen LogP contribution in [0.15, 0.2) is 37.0 Å². The van der Waals surface area contributed by atoms with E-state index in [1.54, 1.807) is 13.0 Å². The lowest BCUT2D eigenvalue weighted by atomic mass is 10.4. The zero-order valence-electron chi connectivity index (χ0n) is 13.9. The predicted molar refractivity (Wildman–Crippen MR) is 90.7 cm³/mol. The van der Waals surface area contributed by atoms with Gasteiger partial charge in [0.15, 0.2) is 0 Å². The fourth-order valence-electron chi connectivity index (χ4n) is 1.18. The molecule has 1 amide bonds. The molecule has 0 aliphatic carbocycles. The minimum absolute atomic E-state index is 0.0529. The van der Waals surface area contributed by atoms with Crippen LogP contribution in [0.4, 0.5) is 0 Å². The van der Waals surface area contributed by atoms with Crippen molar-refractivity contribution in [2.45, 2.75) is 27.7 Å². The van der Waals surface area contributed by atoms with Gasteiger partial charge in [-0.1, -0.05) is 50.8 Å². The summed E-state index contributed by atoms with van der Waals surface area (Å²) in [6, 6.07) is 0. The van der Waals surface area contributed by atoms with Crippen LogP contribution in [0, 0.1) is 0 Å². The maximum Gasteiger partial charge on any atom is 0.216 e. The van der Waals surface area contributed by atoms with Crippen molar-refractivity contribution in [3.05, 3.63) is 37.0 Å². The first-order chi connectivity index (χ1) is 9.62. The molecule has 0 aliphatic rings. The zero-order valence-corrected chi connectivity index (χ0v) is 13.9. The van der Waals surface area contributed by atoms with Gasteiger partial charge in [0.1, 0.15) is 0 Å². The Hall–Kier alpha value is -1.39. The van der Waals surface area contributed by atoms with Crippen LogP contribution < -0.4 is 11.1 Å². The summed E-state index contributed by atoms with van der Waals surface area (Å²) in [6.07, 6.45) is 9.51. The van der Waals surface area contributed by atoms with Gasteiger partial charge in [-0.2, -0.15) is 0 Å². The first-order valence-corrected chi connectivity index (χ1v) is 7.07. The van der Waals surface area contributed by atoms with Crippen molar-refractivity contribution < 1.29 is 4.79 Å². The van der Waals surface area contributed by atoms with Crippen LogP contribution in [-0.4, -0.2) is 44.0 Å². The van der Waals surface area contributed by atoms with Gasteiger partial charge in [0.25, 0.3) is 0 Å². The Balaban J connectivity index is -0.000000277. The summed E-state index contributed by atoms with van der Waals surface area (Å²) in [6.45, 7) is 15.1. The fourth-order valence-corrected chi connectivity index (χ4v) is 1.18. The minimum Gasteiger partial charge on any atom is -0.355 e. The standard InChI is InChI=1S/C8H18N2O.C7H10.CH5N/c1-4-10(5-2)7-6-9-8(3)11;1-3-5-7-6-4-2;1-2/h4-7H2,1-3H3,(H,9,11);3-7H,1H2,2H3;2H2,1H3/b;6-4-,7-5-;. The second kappa shape index (κ2) is 22.8. The minimum atomic E-state index is 0.0529. The Bertz CT molecular complexity index is 256. The maximum absolute atomic E-state index is 10.5. The lowest BCUT2D eigenvalue weighted by Gasteiger charge is -2.17. The number of hydrogen-bond acceptors (Lipinski definition) is 3. The van der Waals surface area contributed by atoms with E-state index >= 15 is 0 Å². The second-order valence-corrected chi connectivity index (χ2v) is 3.66. The van der Waals surface area contributed by atoms with Crippen molar-refractivity contribution in [2.24, 2.45) is 5.73 Å². The molecule has 0 saturated carbocycles. The van der Waals surface area contributed by atoms with Crippen molar-refractivity contribution in [3.8, 4) is 0 Å². The summed E-state index contributed by atoms with van der Waals surface area (Å²) in [4.78, 5) is 12.7. The van der Waals surface area contributed by atoms with Crippen molar-refractivity contribution in [1.29, 1.82) is 0 Å². The van der Waals surface area contributed by atoms with Gasteiger partial charge >= 0.3 is 0 Å². The fraction of sp³-hybridized carbons (Fsp3) is 0.562. The van der Waals surface area contributed by atoms with Gasteiger partial charge in [0.05, 0.1) is 0 Å². The average Bonchev–Trinajstić information content (AvgIpc) is 2.47. The van der Waals surface area contributed by atoms with Crippen LogP contribution in [0.2, 0.25) is 0 Å². The molecule has 0 unspecified atom stereocenters. The highest BCUT2D eigenvalue weighted by Crippen LogP contribution is 1.83. The van der Waals surface area contributed by atoms with Crippen molar-refractivity contribution in [3.63, 3.8) is 0 Å². The monoisotopic (exact) mass is 283 g/mol. The molecule has 0 aliphatic heterocycles. The Morgan fingerprint density at radius 3 is 2.10 bits per heavy atom. The summed E-state index contributed by atoms with van der Waals surface area (Å²) in [5.74, 6) is 0.0529. The molecule has 3 N–H and O–H groups in total. The number of allylic oxidation sites excluding steroid dienone is 5. The lowest BCUT2D eigenvalue weighted by molar-refractivity contribution is -0.119. The first-order valence-electron chi connectivity index (χ1n) is 7.07. The quantitative estimate of drug-likeness (QED) is 0.705. The van der Waals surface area contributed by atoms with Gasteiger partial charge < -0.3 is 16.0 Å². The van der Waals surface area contributed by atoms with E-state index in [0.29, 0.717) is 0 Å². The Kier molecular flexibility index (Phi) is 27.0. The molecule has 0 aromatic rings. The number of nitrogens with one attached hydrogen (secondary N) is 1. The topological polar surface area (TPSA) is 58.4 Å². The van der Waals surface area contributed by atoms with Gasteiger partial charge in [-0.3, -0.25) is 4.79 Å². The van der Waals surface area contributed by atoms with Crippen molar-refractivity contribution in [2.75, 3.05) is 33.2 Å². The van der Waals surface area contributed by atoms with E-state index in [2.05, 4.69) is 36.4 Å². The highest BCUT2D eigenvalue weighted by atomic mass is 16.1. The Morgan fingerprint density at radius 2 is 1.75 bits per heavy atom. The normalized spacial score (nSPS) is 9.75. The summed E-state index contributed by atoms with van der Waals surface area (Å²) in [7, 11) is 1.50. The molecule has 4 heteroatoms. The van der Waals surface area contributed by atoms with Crippen LogP contribution in [-0.2, 0) is 4.79 Å². The molecule has 0 heterocycles. The average molecular weight is 283 g/mol. The van der Waals surface area contributed by atoms with Gasteiger partial charge in [-0.05, 0) is 27.1 Å². The highest BCUT2D eigenvalue weighted by Gasteiger charge is 1.97. The van der Waals surface area contributed by atoms with E-state index in [9.17, 15) is 4.79 Å². The number of amides is 1. The molecule has 0 fully saturated rings. The van der Waals surface area contributed by atoms with Crippen LogP contribution in [0.3, 0.4) is 0 Å². The number of rotatable bonds is 7. The van der Waals surface area contributed by atoms with E-state index in [4.69, 9.17) is 0 Å². The number of hydrogen-bond donors (Lipinski definition) is 2. The Labute approximate surface area is 125 Å². The highest BCUT2D eigenvalue weighted by molar-refractivity contribution is 5.72. The van der Waals surface area contributed by atoms with E-state index in [0.717, 1.165) is 26.2 Å². The summed E-state index contributed by atoms with van der Waals surface area (Å²) in [5, 5.41) is 2.76. The third-order valence-corrected chi connectivity index (χ3v) is 2.25. The first kappa shape index (κ1) is 23.7. The number of carbonyl (C=O) groups is 1.